The molecule has 0 saturated carbocycles. The fourth-order valence-electron chi connectivity index (χ4n) is 3.60. The molecule has 0 amide bonds. The van der Waals surface area contributed by atoms with Gasteiger partial charge in [0.25, 0.3) is 0 Å². The fourth-order valence-corrected chi connectivity index (χ4v) is 4.65. The smallest absolute Gasteiger partial charge is 0.240 e. The molecule has 1 N–H and O–H groups in total. The Labute approximate surface area is 171 Å². The van der Waals surface area contributed by atoms with Crippen LogP contribution in [0.5, 0.6) is 11.5 Å². The number of sulfonamides is 1. The predicted molar refractivity (Wildman–Crippen MR) is 109 cm³/mol. The maximum atomic E-state index is 12.9. The Hall–Kier alpha value is -2.13. The second kappa shape index (κ2) is 8.71. The van der Waals surface area contributed by atoms with Gasteiger partial charge < -0.3 is 14.2 Å². The van der Waals surface area contributed by atoms with Crippen molar-refractivity contribution in [2.75, 3.05) is 46.1 Å². The van der Waals surface area contributed by atoms with Crippen LogP contribution in [-0.4, -0.2) is 59.4 Å². The first kappa shape index (κ1) is 20.2. The van der Waals surface area contributed by atoms with Crippen LogP contribution in [0.2, 0.25) is 0 Å². The van der Waals surface area contributed by atoms with E-state index in [-0.39, 0.29) is 17.5 Å². The number of benzene rings is 2. The summed E-state index contributed by atoms with van der Waals surface area (Å²) in [5.74, 6) is 1.03. The van der Waals surface area contributed by atoms with Gasteiger partial charge >= 0.3 is 0 Å². The average Bonchev–Trinajstić information content (AvgIpc) is 2.75. The lowest BCUT2D eigenvalue weighted by atomic mass is 10.0. The number of aryl methyl sites for hydroxylation is 1. The van der Waals surface area contributed by atoms with Crippen molar-refractivity contribution < 1.29 is 22.6 Å². The zero-order valence-corrected chi connectivity index (χ0v) is 17.3. The molecular formula is C21H26N2O5S. The number of morpholine rings is 1. The van der Waals surface area contributed by atoms with Crippen molar-refractivity contribution in [3.8, 4) is 11.5 Å². The molecule has 4 rings (SSSR count). The van der Waals surface area contributed by atoms with Gasteiger partial charge in [-0.1, -0.05) is 29.8 Å². The fraction of sp³-hybridized carbons (Fsp3) is 0.429. The van der Waals surface area contributed by atoms with E-state index in [0.717, 1.165) is 18.7 Å². The monoisotopic (exact) mass is 418 g/mol. The Bertz CT molecular complexity index is 940. The third kappa shape index (κ3) is 4.72. The molecule has 29 heavy (non-hydrogen) atoms. The third-order valence-corrected chi connectivity index (χ3v) is 6.66. The lowest BCUT2D eigenvalue weighted by molar-refractivity contribution is 0.0172. The summed E-state index contributed by atoms with van der Waals surface area (Å²) < 4.78 is 45.1. The number of nitrogens with one attached hydrogen (secondary N) is 1. The van der Waals surface area contributed by atoms with Crippen molar-refractivity contribution in [3.05, 3.63) is 53.6 Å². The molecule has 0 bridgehead atoms. The van der Waals surface area contributed by atoms with Gasteiger partial charge in [0.2, 0.25) is 10.0 Å². The van der Waals surface area contributed by atoms with Gasteiger partial charge in [0, 0.05) is 31.7 Å². The molecule has 2 aliphatic heterocycles. The summed E-state index contributed by atoms with van der Waals surface area (Å²) in [6.07, 6.45) is 0. The summed E-state index contributed by atoms with van der Waals surface area (Å²) in [5, 5.41) is 0. The number of hydrogen-bond donors (Lipinski definition) is 1. The van der Waals surface area contributed by atoms with E-state index in [9.17, 15) is 8.42 Å². The highest BCUT2D eigenvalue weighted by atomic mass is 32.2. The molecule has 1 saturated heterocycles. The molecule has 1 unspecified atom stereocenters. The van der Waals surface area contributed by atoms with Gasteiger partial charge in [-0.2, -0.15) is 0 Å². The Kier molecular flexibility index (Phi) is 6.05. The molecular weight excluding hydrogens is 392 g/mol. The summed E-state index contributed by atoms with van der Waals surface area (Å²) in [4.78, 5) is 2.44. The van der Waals surface area contributed by atoms with Gasteiger partial charge in [0.1, 0.15) is 13.2 Å². The number of ether oxygens (including phenoxy) is 3. The number of fused-ring (bicyclic) bond motifs is 1. The maximum Gasteiger partial charge on any atom is 0.240 e. The van der Waals surface area contributed by atoms with Crippen molar-refractivity contribution in [2.45, 2.75) is 17.9 Å². The largest absolute Gasteiger partial charge is 0.486 e. The Morgan fingerprint density at radius 1 is 0.966 bits per heavy atom. The standard InChI is InChI=1S/C21H26N2O5S/c1-16-2-4-17(5-3-16)19(23-8-10-26-11-9-23)15-22-29(24,25)18-6-7-20-21(14-18)28-13-12-27-20/h2-7,14,19,22H,8-13,15H2,1H3. The minimum Gasteiger partial charge on any atom is -0.486 e. The first-order valence-electron chi connectivity index (χ1n) is 9.81. The van der Waals surface area contributed by atoms with Crippen LogP contribution in [0.1, 0.15) is 17.2 Å². The van der Waals surface area contributed by atoms with Crippen LogP contribution in [0.25, 0.3) is 0 Å². The Morgan fingerprint density at radius 3 is 2.38 bits per heavy atom. The normalized spacial score (nSPS) is 18.4. The van der Waals surface area contributed by atoms with E-state index in [2.05, 4.69) is 33.9 Å². The molecule has 2 aromatic rings. The second-order valence-electron chi connectivity index (χ2n) is 7.23. The SMILES string of the molecule is Cc1ccc(C(CNS(=O)(=O)c2ccc3c(c2)OCCO3)N2CCOCC2)cc1. The van der Waals surface area contributed by atoms with Crippen LogP contribution in [0.3, 0.4) is 0 Å². The first-order valence-corrected chi connectivity index (χ1v) is 11.3. The van der Waals surface area contributed by atoms with Crippen molar-refractivity contribution in [2.24, 2.45) is 0 Å². The molecule has 0 radical (unpaired) electrons. The van der Waals surface area contributed by atoms with Crippen LogP contribution in [-0.2, 0) is 14.8 Å². The van der Waals surface area contributed by atoms with Crippen molar-refractivity contribution in [3.63, 3.8) is 0 Å². The van der Waals surface area contributed by atoms with Gasteiger partial charge in [-0.05, 0) is 24.6 Å². The van der Waals surface area contributed by atoms with E-state index in [1.807, 2.05) is 6.92 Å². The van der Waals surface area contributed by atoms with Gasteiger partial charge in [-0.3, -0.25) is 4.90 Å². The molecule has 1 atom stereocenters. The highest BCUT2D eigenvalue weighted by Crippen LogP contribution is 2.32. The van der Waals surface area contributed by atoms with Crippen LogP contribution in [0.15, 0.2) is 47.4 Å². The van der Waals surface area contributed by atoms with Gasteiger partial charge in [-0.15, -0.1) is 0 Å². The third-order valence-electron chi connectivity index (χ3n) is 5.24. The number of rotatable bonds is 6. The molecule has 0 spiro atoms. The van der Waals surface area contributed by atoms with E-state index >= 15 is 0 Å². The Balaban J connectivity index is 1.53. The highest BCUT2D eigenvalue weighted by molar-refractivity contribution is 7.89. The van der Waals surface area contributed by atoms with Gasteiger partial charge in [-0.25, -0.2) is 13.1 Å². The highest BCUT2D eigenvalue weighted by Gasteiger charge is 2.26. The Morgan fingerprint density at radius 2 is 1.66 bits per heavy atom. The summed E-state index contributed by atoms with van der Waals surface area (Å²) in [6.45, 7) is 6.03. The molecule has 156 valence electrons. The topological polar surface area (TPSA) is 77.1 Å². The quantitative estimate of drug-likeness (QED) is 0.774. The van der Waals surface area contributed by atoms with Crippen LogP contribution >= 0.6 is 0 Å². The summed E-state index contributed by atoms with van der Waals surface area (Å²) in [6, 6.07) is 12.9. The van der Waals surface area contributed by atoms with Crippen molar-refractivity contribution >= 4 is 10.0 Å². The predicted octanol–water partition coefficient (Wildman–Crippen LogP) is 2.12. The molecule has 0 aliphatic carbocycles. The van der Waals surface area contributed by atoms with Crippen LogP contribution in [0.4, 0.5) is 0 Å². The lowest BCUT2D eigenvalue weighted by Crippen LogP contribution is -2.43. The molecule has 2 aromatic carbocycles. The van der Waals surface area contributed by atoms with Crippen molar-refractivity contribution in [1.29, 1.82) is 0 Å². The van der Waals surface area contributed by atoms with E-state index in [4.69, 9.17) is 14.2 Å². The van der Waals surface area contributed by atoms with Gasteiger partial charge in [0.15, 0.2) is 11.5 Å². The first-order chi connectivity index (χ1) is 14.0. The molecule has 8 heteroatoms. The summed E-state index contributed by atoms with van der Waals surface area (Å²) >= 11 is 0. The lowest BCUT2D eigenvalue weighted by Gasteiger charge is -2.35. The minimum absolute atomic E-state index is 0.0634. The second-order valence-corrected chi connectivity index (χ2v) is 9.00. The number of hydrogen-bond acceptors (Lipinski definition) is 6. The zero-order valence-electron chi connectivity index (χ0n) is 16.5. The molecule has 7 nitrogen and oxygen atoms in total. The number of nitrogens with zero attached hydrogens (tertiary/aromatic N) is 1. The van der Waals surface area contributed by atoms with Crippen LogP contribution < -0.4 is 14.2 Å². The molecule has 1 fully saturated rings. The van der Waals surface area contributed by atoms with E-state index in [0.29, 0.717) is 37.9 Å². The zero-order chi connectivity index (χ0) is 20.3. The summed E-state index contributed by atoms with van der Waals surface area (Å²) in [5.41, 5.74) is 2.26. The van der Waals surface area contributed by atoms with Gasteiger partial charge in [0.05, 0.1) is 18.1 Å². The van der Waals surface area contributed by atoms with E-state index in [1.165, 1.54) is 11.6 Å². The van der Waals surface area contributed by atoms with E-state index in [1.54, 1.807) is 12.1 Å². The summed E-state index contributed by atoms with van der Waals surface area (Å²) in [7, 11) is -3.69. The molecule has 2 heterocycles. The molecule has 2 aliphatic rings. The maximum absolute atomic E-state index is 12.9. The average molecular weight is 419 g/mol. The minimum atomic E-state index is -3.69. The van der Waals surface area contributed by atoms with E-state index < -0.39 is 10.0 Å². The molecule has 0 aromatic heterocycles. The van der Waals surface area contributed by atoms with Crippen molar-refractivity contribution in [1.82, 2.24) is 9.62 Å². The van der Waals surface area contributed by atoms with Crippen LogP contribution in [0, 0.1) is 6.92 Å².